The standard InChI is InChI=1S/C25H26ClN5O2S/c1-17(23(32)28-25(16-27)14-4-3-5-15-25)34-24-30-29-22(18-6-8-19(26)9-7-18)31(24)20-10-12-21(33-2)13-11-20/h6-13,17H,3-5,14-15H2,1-2H3,(H,28,32). The largest absolute Gasteiger partial charge is 0.497 e. The molecule has 1 N–H and O–H groups in total. The first-order valence-corrected chi connectivity index (χ1v) is 12.5. The van der Waals surface area contributed by atoms with E-state index >= 15 is 0 Å². The number of nitrogens with zero attached hydrogens (tertiary/aromatic N) is 4. The molecule has 0 bridgehead atoms. The number of amides is 1. The lowest BCUT2D eigenvalue weighted by Crippen LogP contribution is -2.50. The Morgan fingerprint density at radius 3 is 2.44 bits per heavy atom. The first kappa shape index (κ1) is 24.1. The molecule has 7 nitrogen and oxygen atoms in total. The second-order valence-corrected chi connectivity index (χ2v) is 10.1. The van der Waals surface area contributed by atoms with Crippen LogP contribution in [0.2, 0.25) is 5.02 Å². The van der Waals surface area contributed by atoms with Gasteiger partial charge < -0.3 is 10.1 Å². The Hall–Kier alpha value is -3.02. The minimum Gasteiger partial charge on any atom is -0.497 e. The van der Waals surface area contributed by atoms with Crippen LogP contribution in [0.5, 0.6) is 5.75 Å². The number of hydrogen-bond donors (Lipinski definition) is 1. The molecule has 1 fully saturated rings. The maximum Gasteiger partial charge on any atom is 0.234 e. The molecule has 34 heavy (non-hydrogen) atoms. The molecule has 0 radical (unpaired) electrons. The van der Waals surface area contributed by atoms with Crippen LogP contribution in [0.1, 0.15) is 39.0 Å². The molecular weight excluding hydrogens is 470 g/mol. The Morgan fingerprint density at radius 2 is 1.82 bits per heavy atom. The molecular formula is C25H26ClN5O2S. The zero-order chi connectivity index (χ0) is 24.1. The van der Waals surface area contributed by atoms with Crippen LogP contribution < -0.4 is 10.1 Å². The van der Waals surface area contributed by atoms with Crippen molar-refractivity contribution in [1.82, 2.24) is 20.1 Å². The lowest BCUT2D eigenvalue weighted by atomic mass is 9.83. The Kier molecular flexibility index (Phi) is 7.44. The maximum atomic E-state index is 13.1. The van der Waals surface area contributed by atoms with Crippen LogP contribution >= 0.6 is 23.4 Å². The van der Waals surface area contributed by atoms with Gasteiger partial charge in [-0.25, -0.2) is 0 Å². The lowest BCUT2D eigenvalue weighted by Gasteiger charge is -2.32. The van der Waals surface area contributed by atoms with Gasteiger partial charge in [-0.3, -0.25) is 9.36 Å². The molecule has 1 saturated carbocycles. The van der Waals surface area contributed by atoms with Gasteiger partial charge >= 0.3 is 0 Å². The quantitative estimate of drug-likeness (QED) is 0.440. The third-order valence-corrected chi connectivity index (χ3v) is 7.30. The summed E-state index contributed by atoms with van der Waals surface area (Å²) in [4.78, 5) is 13.1. The number of rotatable bonds is 7. The Morgan fingerprint density at radius 1 is 1.15 bits per heavy atom. The number of carbonyl (C=O) groups excluding carboxylic acids is 1. The molecule has 1 atom stereocenters. The highest BCUT2D eigenvalue weighted by molar-refractivity contribution is 8.00. The Bertz CT molecular complexity index is 1180. The summed E-state index contributed by atoms with van der Waals surface area (Å²) in [6.45, 7) is 1.82. The number of nitrogens with one attached hydrogen (secondary N) is 1. The predicted molar refractivity (Wildman–Crippen MR) is 133 cm³/mol. The van der Waals surface area contributed by atoms with Gasteiger partial charge in [0.25, 0.3) is 0 Å². The average molecular weight is 496 g/mol. The molecule has 1 heterocycles. The zero-order valence-corrected chi connectivity index (χ0v) is 20.7. The summed E-state index contributed by atoms with van der Waals surface area (Å²) in [5.41, 5.74) is 0.913. The summed E-state index contributed by atoms with van der Waals surface area (Å²) in [6, 6.07) is 17.3. The number of nitriles is 1. The summed E-state index contributed by atoms with van der Waals surface area (Å²) >= 11 is 7.38. The van der Waals surface area contributed by atoms with Gasteiger partial charge in [0.1, 0.15) is 11.3 Å². The minimum atomic E-state index is -0.776. The molecule has 176 valence electrons. The first-order valence-electron chi connectivity index (χ1n) is 11.2. The van der Waals surface area contributed by atoms with Gasteiger partial charge in [0.05, 0.1) is 18.4 Å². The monoisotopic (exact) mass is 495 g/mol. The van der Waals surface area contributed by atoms with Crippen LogP contribution in [-0.4, -0.2) is 38.6 Å². The van der Waals surface area contributed by atoms with Crippen molar-refractivity contribution in [3.63, 3.8) is 0 Å². The predicted octanol–water partition coefficient (Wildman–Crippen LogP) is 5.42. The molecule has 2 aromatic carbocycles. The van der Waals surface area contributed by atoms with E-state index in [9.17, 15) is 10.1 Å². The van der Waals surface area contributed by atoms with Crippen LogP contribution in [0, 0.1) is 11.3 Å². The number of carbonyl (C=O) groups is 1. The van der Waals surface area contributed by atoms with Crippen LogP contribution in [0.15, 0.2) is 53.7 Å². The summed E-state index contributed by atoms with van der Waals surface area (Å²) in [5, 5.41) is 22.3. The molecule has 0 aliphatic heterocycles. The van der Waals surface area contributed by atoms with Crippen LogP contribution in [0.25, 0.3) is 17.1 Å². The molecule has 1 unspecified atom stereocenters. The molecule has 1 aliphatic rings. The number of thioether (sulfide) groups is 1. The van der Waals surface area contributed by atoms with Crippen molar-refractivity contribution in [2.45, 2.75) is 55.0 Å². The number of methoxy groups -OCH3 is 1. The van der Waals surface area contributed by atoms with E-state index in [0.717, 1.165) is 36.3 Å². The highest BCUT2D eigenvalue weighted by Gasteiger charge is 2.35. The average Bonchev–Trinajstić information content (AvgIpc) is 3.28. The SMILES string of the molecule is COc1ccc(-n2c(SC(C)C(=O)NC3(C#N)CCCCC3)nnc2-c2ccc(Cl)cc2)cc1. The highest BCUT2D eigenvalue weighted by atomic mass is 35.5. The first-order chi connectivity index (χ1) is 16.4. The van der Waals surface area contributed by atoms with Crippen molar-refractivity contribution < 1.29 is 9.53 Å². The van der Waals surface area contributed by atoms with E-state index < -0.39 is 10.8 Å². The Labute approximate surface area is 208 Å². The molecule has 1 amide bonds. The van der Waals surface area contributed by atoms with E-state index in [2.05, 4.69) is 21.6 Å². The van der Waals surface area contributed by atoms with Crippen molar-refractivity contribution in [3.8, 4) is 28.9 Å². The second-order valence-electron chi connectivity index (χ2n) is 8.35. The van der Waals surface area contributed by atoms with Crippen molar-refractivity contribution in [1.29, 1.82) is 5.26 Å². The van der Waals surface area contributed by atoms with Gasteiger partial charge in [0, 0.05) is 16.3 Å². The number of hydrogen-bond acceptors (Lipinski definition) is 6. The molecule has 0 spiro atoms. The van der Waals surface area contributed by atoms with E-state index in [1.807, 2.05) is 47.9 Å². The molecule has 9 heteroatoms. The summed E-state index contributed by atoms with van der Waals surface area (Å²) in [5.74, 6) is 1.20. The van der Waals surface area contributed by atoms with Crippen LogP contribution in [0.3, 0.4) is 0 Å². The van der Waals surface area contributed by atoms with Gasteiger partial charge in [-0.2, -0.15) is 5.26 Å². The molecule has 3 aromatic rings. The van der Waals surface area contributed by atoms with E-state index in [1.165, 1.54) is 11.8 Å². The van der Waals surface area contributed by atoms with Crippen LogP contribution in [-0.2, 0) is 4.79 Å². The fourth-order valence-electron chi connectivity index (χ4n) is 4.07. The Balaban J connectivity index is 1.63. The fraction of sp³-hybridized carbons (Fsp3) is 0.360. The zero-order valence-electron chi connectivity index (χ0n) is 19.1. The molecule has 1 aliphatic carbocycles. The van der Waals surface area contributed by atoms with E-state index in [0.29, 0.717) is 28.8 Å². The van der Waals surface area contributed by atoms with Gasteiger partial charge in [0.15, 0.2) is 11.0 Å². The fourth-order valence-corrected chi connectivity index (χ4v) is 5.06. The van der Waals surface area contributed by atoms with Gasteiger partial charge in [-0.1, -0.05) is 42.6 Å². The van der Waals surface area contributed by atoms with Gasteiger partial charge in [-0.15, -0.1) is 10.2 Å². The summed E-state index contributed by atoms with van der Waals surface area (Å²) in [7, 11) is 1.62. The topological polar surface area (TPSA) is 92.8 Å². The third kappa shape index (κ3) is 5.21. The van der Waals surface area contributed by atoms with E-state index in [1.54, 1.807) is 19.2 Å². The minimum absolute atomic E-state index is 0.175. The van der Waals surface area contributed by atoms with Crippen LogP contribution in [0.4, 0.5) is 0 Å². The second kappa shape index (κ2) is 10.5. The highest BCUT2D eigenvalue weighted by Crippen LogP contribution is 2.33. The number of benzene rings is 2. The maximum absolute atomic E-state index is 13.1. The van der Waals surface area contributed by atoms with E-state index in [4.69, 9.17) is 16.3 Å². The van der Waals surface area contributed by atoms with Gasteiger partial charge in [0.2, 0.25) is 5.91 Å². The van der Waals surface area contributed by atoms with Gasteiger partial charge in [-0.05, 0) is 68.3 Å². The number of ether oxygens (including phenoxy) is 1. The summed E-state index contributed by atoms with van der Waals surface area (Å²) < 4.78 is 7.21. The molecule has 1 aromatic heterocycles. The normalized spacial score (nSPS) is 15.8. The molecule has 0 saturated heterocycles. The number of halogens is 1. The van der Waals surface area contributed by atoms with Crippen molar-refractivity contribution in [2.24, 2.45) is 0 Å². The summed E-state index contributed by atoms with van der Waals surface area (Å²) in [6.07, 6.45) is 4.38. The lowest BCUT2D eigenvalue weighted by molar-refractivity contribution is -0.121. The smallest absolute Gasteiger partial charge is 0.234 e. The number of aromatic nitrogens is 3. The van der Waals surface area contributed by atoms with Crippen molar-refractivity contribution in [2.75, 3.05) is 7.11 Å². The van der Waals surface area contributed by atoms with E-state index in [-0.39, 0.29) is 5.91 Å². The van der Waals surface area contributed by atoms with Crippen molar-refractivity contribution >= 4 is 29.3 Å². The molecule has 4 rings (SSSR count). The van der Waals surface area contributed by atoms with Crippen molar-refractivity contribution in [3.05, 3.63) is 53.6 Å². The third-order valence-electron chi connectivity index (χ3n) is 6.00.